The van der Waals surface area contributed by atoms with E-state index < -0.39 is 17.8 Å². The molecule has 20 heavy (non-hydrogen) atoms. The van der Waals surface area contributed by atoms with Crippen LogP contribution in [-0.2, 0) is 0 Å². The Morgan fingerprint density at radius 3 is 2.70 bits per heavy atom. The standard InChI is InChI=1S/C12H8BrFN2O3S/c13-8-2-1-6(14)5-9(8)15-12(19)16-10-7(11(17)18)3-4-20-10/h1-5H,(H,17,18)(H2,15,16,19). The first-order valence-electron chi connectivity index (χ1n) is 5.31. The van der Waals surface area contributed by atoms with Crippen molar-refractivity contribution in [2.75, 3.05) is 10.6 Å². The van der Waals surface area contributed by atoms with Crippen molar-refractivity contribution in [3.8, 4) is 0 Å². The lowest BCUT2D eigenvalue weighted by atomic mass is 10.3. The lowest BCUT2D eigenvalue weighted by molar-refractivity contribution is 0.0698. The van der Waals surface area contributed by atoms with Crippen LogP contribution in [0.2, 0.25) is 0 Å². The van der Waals surface area contributed by atoms with Gasteiger partial charge < -0.3 is 10.4 Å². The number of hydrogen-bond acceptors (Lipinski definition) is 3. The summed E-state index contributed by atoms with van der Waals surface area (Å²) in [7, 11) is 0. The molecular weight excluding hydrogens is 351 g/mol. The highest BCUT2D eigenvalue weighted by Crippen LogP contribution is 2.25. The summed E-state index contributed by atoms with van der Waals surface area (Å²) >= 11 is 4.26. The van der Waals surface area contributed by atoms with E-state index in [9.17, 15) is 14.0 Å². The largest absolute Gasteiger partial charge is 0.478 e. The highest BCUT2D eigenvalue weighted by atomic mass is 79.9. The predicted octanol–water partition coefficient (Wildman–Crippen LogP) is 3.99. The number of carboxylic acids is 1. The molecule has 104 valence electrons. The second-order valence-corrected chi connectivity index (χ2v) is 5.44. The molecule has 1 heterocycles. The zero-order valence-electron chi connectivity index (χ0n) is 9.81. The molecule has 0 saturated carbocycles. The fourth-order valence-corrected chi connectivity index (χ4v) is 2.54. The zero-order chi connectivity index (χ0) is 14.7. The van der Waals surface area contributed by atoms with Gasteiger partial charge in [-0.25, -0.2) is 14.0 Å². The molecule has 0 aliphatic heterocycles. The van der Waals surface area contributed by atoms with Crippen molar-refractivity contribution in [3.63, 3.8) is 0 Å². The van der Waals surface area contributed by atoms with Gasteiger partial charge in [0, 0.05) is 4.47 Å². The molecule has 0 unspecified atom stereocenters. The van der Waals surface area contributed by atoms with E-state index in [4.69, 9.17) is 5.11 Å². The van der Waals surface area contributed by atoms with E-state index in [-0.39, 0.29) is 16.3 Å². The minimum atomic E-state index is -1.13. The van der Waals surface area contributed by atoms with Gasteiger partial charge in [0.25, 0.3) is 0 Å². The number of aromatic carboxylic acids is 1. The molecule has 2 rings (SSSR count). The molecule has 0 spiro atoms. The first-order chi connectivity index (χ1) is 9.47. The Labute approximate surface area is 125 Å². The van der Waals surface area contributed by atoms with Crippen molar-refractivity contribution in [3.05, 3.63) is 45.5 Å². The number of carbonyl (C=O) groups excluding carboxylic acids is 1. The molecule has 0 aliphatic carbocycles. The Hall–Kier alpha value is -1.93. The monoisotopic (exact) mass is 358 g/mol. The molecule has 3 N–H and O–H groups in total. The summed E-state index contributed by atoms with van der Waals surface area (Å²) in [6.07, 6.45) is 0. The smallest absolute Gasteiger partial charge is 0.338 e. The van der Waals surface area contributed by atoms with Gasteiger partial charge in [-0.15, -0.1) is 11.3 Å². The summed E-state index contributed by atoms with van der Waals surface area (Å²) in [5.74, 6) is -1.63. The van der Waals surface area contributed by atoms with E-state index in [1.807, 2.05) is 0 Å². The molecule has 8 heteroatoms. The maximum absolute atomic E-state index is 13.1. The van der Waals surface area contributed by atoms with Gasteiger partial charge in [0.1, 0.15) is 10.8 Å². The molecular formula is C12H8BrFN2O3S. The van der Waals surface area contributed by atoms with Crippen LogP contribution in [0.3, 0.4) is 0 Å². The van der Waals surface area contributed by atoms with Gasteiger partial charge in [-0.2, -0.15) is 0 Å². The molecule has 2 amide bonds. The van der Waals surface area contributed by atoms with Crippen molar-refractivity contribution in [2.45, 2.75) is 0 Å². The van der Waals surface area contributed by atoms with E-state index in [0.717, 1.165) is 17.4 Å². The number of thiophene rings is 1. The van der Waals surface area contributed by atoms with Gasteiger partial charge >= 0.3 is 12.0 Å². The van der Waals surface area contributed by atoms with Crippen molar-refractivity contribution in [2.24, 2.45) is 0 Å². The molecule has 2 aromatic rings. The average Bonchev–Trinajstić information content (AvgIpc) is 2.82. The summed E-state index contributed by atoms with van der Waals surface area (Å²) in [6.45, 7) is 0. The zero-order valence-corrected chi connectivity index (χ0v) is 12.2. The Kier molecular flexibility index (Phi) is 4.35. The number of benzene rings is 1. The molecule has 0 aliphatic rings. The van der Waals surface area contributed by atoms with Gasteiger partial charge in [0.05, 0.1) is 11.3 Å². The van der Waals surface area contributed by atoms with Gasteiger partial charge in [-0.3, -0.25) is 5.32 Å². The second-order valence-electron chi connectivity index (χ2n) is 3.67. The summed E-state index contributed by atoms with van der Waals surface area (Å²) in [5, 5.41) is 15.5. The second kappa shape index (κ2) is 6.02. The Morgan fingerprint density at radius 2 is 2.00 bits per heavy atom. The highest BCUT2D eigenvalue weighted by Gasteiger charge is 2.14. The fourth-order valence-electron chi connectivity index (χ4n) is 1.42. The third-order valence-corrected chi connectivity index (χ3v) is 3.82. The van der Waals surface area contributed by atoms with Crippen LogP contribution >= 0.6 is 27.3 Å². The minimum Gasteiger partial charge on any atom is -0.478 e. The first-order valence-corrected chi connectivity index (χ1v) is 6.98. The fraction of sp³-hybridized carbons (Fsp3) is 0. The van der Waals surface area contributed by atoms with Crippen LogP contribution in [0.5, 0.6) is 0 Å². The number of amides is 2. The minimum absolute atomic E-state index is 0.00320. The van der Waals surface area contributed by atoms with E-state index in [2.05, 4.69) is 26.6 Å². The number of carboxylic acid groups (broad SMARTS) is 1. The van der Waals surface area contributed by atoms with E-state index >= 15 is 0 Å². The van der Waals surface area contributed by atoms with Crippen LogP contribution < -0.4 is 10.6 Å². The third-order valence-electron chi connectivity index (χ3n) is 2.30. The molecule has 1 aromatic heterocycles. The summed E-state index contributed by atoms with van der Waals surface area (Å²) < 4.78 is 13.6. The molecule has 0 atom stereocenters. The van der Waals surface area contributed by atoms with Gasteiger partial charge in [-0.1, -0.05) is 0 Å². The quantitative estimate of drug-likeness (QED) is 0.775. The van der Waals surface area contributed by atoms with E-state index in [1.54, 1.807) is 5.38 Å². The van der Waals surface area contributed by atoms with Crippen molar-refractivity contribution < 1.29 is 19.1 Å². The summed E-state index contributed by atoms with van der Waals surface area (Å²) in [5.41, 5.74) is 0.249. The first kappa shape index (κ1) is 14.5. The molecule has 5 nitrogen and oxygen atoms in total. The van der Waals surface area contributed by atoms with E-state index in [0.29, 0.717) is 4.47 Å². The molecule has 1 aromatic carbocycles. The molecule has 0 fully saturated rings. The average molecular weight is 359 g/mol. The van der Waals surface area contributed by atoms with Crippen molar-refractivity contribution >= 4 is 50.0 Å². The predicted molar refractivity (Wildman–Crippen MR) is 78.0 cm³/mol. The third kappa shape index (κ3) is 3.34. The Morgan fingerprint density at radius 1 is 1.25 bits per heavy atom. The maximum Gasteiger partial charge on any atom is 0.338 e. The summed E-state index contributed by atoms with van der Waals surface area (Å²) in [6, 6.07) is 4.59. The lowest BCUT2D eigenvalue weighted by Gasteiger charge is -2.08. The summed E-state index contributed by atoms with van der Waals surface area (Å²) in [4.78, 5) is 22.7. The number of urea groups is 1. The highest BCUT2D eigenvalue weighted by molar-refractivity contribution is 9.10. The lowest BCUT2D eigenvalue weighted by Crippen LogP contribution is -2.20. The maximum atomic E-state index is 13.1. The van der Waals surface area contributed by atoms with Crippen LogP contribution in [0.4, 0.5) is 19.9 Å². The molecule has 0 saturated heterocycles. The number of hydrogen-bond donors (Lipinski definition) is 3. The van der Waals surface area contributed by atoms with Crippen LogP contribution in [0.1, 0.15) is 10.4 Å². The van der Waals surface area contributed by atoms with Crippen LogP contribution in [-0.4, -0.2) is 17.1 Å². The van der Waals surface area contributed by atoms with Gasteiger partial charge in [-0.05, 0) is 45.6 Å². The number of anilines is 2. The number of rotatable bonds is 3. The normalized spacial score (nSPS) is 10.1. The topological polar surface area (TPSA) is 78.4 Å². The van der Waals surface area contributed by atoms with Crippen LogP contribution in [0, 0.1) is 5.82 Å². The van der Waals surface area contributed by atoms with E-state index in [1.165, 1.54) is 18.2 Å². The number of nitrogens with one attached hydrogen (secondary N) is 2. The number of halogens is 2. The van der Waals surface area contributed by atoms with Crippen molar-refractivity contribution in [1.29, 1.82) is 0 Å². The van der Waals surface area contributed by atoms with Crippen LogP contribution in [0.15, 0.2) is 34.1 Å². The molecule has 0 radical (unpaired) electrons. The van der Waals surface area contributed by atoms with Gasteiger partial charge in [0.2, 0.25) is 0 Å². The molecule has 0 bridgehead atoms. The van der Waals surface area contributed by atoms with Crippen molar-refractivity contribution in [1.82, 2.24) is 0 Å². The van der Waals surface area contributed by atoms with Crippen LogP contribution in [0.25, 0.3) is 0 Å². The Bertz CT molecular complexity index is 674. The SMILES string of the molecule is O=C(Nc1cc(F)ccc1Br)Nc1sccc1C(=O)O. The Balaban J connectivity index is 2.11. The van der Waals surface area contributed by atoms with Gasteiger partial charge in [0.15, 0.2) is 0 Å². The number of carbonyl (C=O) groups is 2.